The maximum Gasteiger partial charge on any atom is 0.220 e. The number of aliphatic hydroxyl groups is 1. The summed E-state index contributed by atoms with van der Waals surface area (Å²) in [5.41, 5.74) is 0. The molecule has 4 heteroatoms. The lowest BCUT2D eigenvalue weighted by atomic mass is 10.3. The summed E-state index contributed by atoms with van der Waals surface area (Å²) in [7, 11) is 0. The molecular weight excluding hydrogens is 182 g/mol. The number of ether oxygens (including phenoxy) is 1. The maximum atomic E-state index is 11.0. The first-order chi connectivity index (χ1) is 6.81. The lowest BCUT2D eigenvalue weighted by Gasteiger charge is -2.05. The van der Waals surface area contributed by atoms with E-state index in [9.17, 15) is 4.79 Å². The van der Waals surface area contributed by atoms with Crippen molar-refractivity contribution >= 4 is 5.91 Å². The van der Waals surface area contributed by atoms with Crippen LogP contribution in [0, 0.1) is 0 Å². The monoisotopic (exact) mass is 203 g/mol. The number of nitrogens with one attached hydrogen (secondary N) is 1. The number of unbranched alkanes of at least 4 members (excludes halogenated alkanes) is 1. The van der Waals surface area contributed by atoms with Crippen LogP contribution in [0.3, 0.4) is 0 Å². The maximum absolute atomic E-state index is 11.0. The van der Waals surface area contributed by atoms with Gasteiger partial charge in [0, 0.05) is 26.2 Å². The Morgan fingerprint density at radius 2 is 2.14 bits per heavy atom. The molecule has 0 atom stereocenters. The number of hydrogen-bond donors (Lipinski definition) is 2. The second kappa shape index (κ2) is 10.5. The minimum Gasteiger partial charge on any atom is -0.396 e. The van der Waals surface area contributed by atoms with Gasteiger partial charge in [-0.25, -0.2) is 0 Å². The van der Waals surface area contributed by atoms with Gasteiger partial charge in [0.15, 0.2) is 0 Å². The molecule has 0 saturated carbocycles. The first-order valence-electron chi connectivity index (χ1n) is 5.26. The zero-order valence-corrected chi connectivity index (χ0v) is 8.92. The van der Waals surface area contributed by atoms with Gasteiger partial charge in [0.25, 0.3) is 0 Å². The molecule has 0 saturated heterocycles. The van der Waals surface area contributed by atoms with Crippen LogP contribution in [0.4, 0.5) is 0 Å². The Morgan fingerprint density at radius 3 is 2.79 bits per heavy atom. The van der Waals surface area contributed by atoms with Crippen LogP contribution in [0.2, 0.25) is 0 Å². The van der Waals surface area contributed by atoms with Gasteiger partial charge in [0.05, 0.1) is 6.61 Å². The second-order valence-electron chi connectivity index (χ2n) is 3.14. The van der Waals surface area contributed by atoms with Gasteiger partial charge < -0.3 is 15.2 Å². The van der Waals surface area contributed by atoms with Crippen molar-refractivity contribution in [3.63, 3.8) is 0 Å². The van der Waals surface area contributed by atoms with Crippen molar-refractivity contribution in [2.24, 2.45) is 0 Å². The minimum atomic E-state index is -0.0156. The average molecular weight is 203 g/mol. The molecule has 0 unspecified atom stereocenters. The van der Waals surface area contributed by atoms with Gasteiger partial charge >= 0.3 is 0 Å². The van der Waals surface area contributed by atoms with Crippen LogP contribution < -0.4 is 5.32 Å². The largest absolute Gasteiger partial charge is 0.396 e. The Labute approximate surface area is 85.6 Å². The zero-order chi connectivity index (χ0) is 10.6. The van der Waals surface area contributed by atoms with Crippen LogP contribution in [0.1, 0.15) is 32.6 Å². The summed E-state index contributed by atoms with van der Waals surface area (Å²) in [5, 5.41) is 11.2. The molecule has 0 radical (unpaired) electrons. The SMILES string of the molecule is CCCCOCCNC(=O)CCCO. The van der Waals surface area contributed by atoms with E-state index in [0.29, 0.717) is 26.0 Å². The fourth-order valence-electron chi connectivity index (χ4n) is 0.939. The smallest absolute Gasteiger partial charge is 0.220 e. The minimum absolute atomic E-state index is 0.0156. The second-order valence-corrected chi connectivity index (χ2v) is 3.14. The summed E-state index contributed by atoms with van der Waals surface area (Å²) < 4.78 is 5.26. The van der Waals surface area contributed by atoms with Crippen molar-refractivity contribution in [1.82, 2.24) is 5.32 Å². The predicted octanol–water partition coefficient (Wildman–Crippen LogP) is 0.692. The number of hydrogen-bond acceptors (Lipinski definition) is 3. The van der Waals surface area contributed by atoms with E-state index in [1.165, 1.54) is 0 Å². The van der Waals surface area contributed by atoms with Crippen LogP contribution in [0.15, 0.2) is 0 Å². The molecule has 0 aliphatic heterocycles. The Morgan fingerprint density at radius 1 is 1.36 bits per heavy atom. The van der Waals surface area contributed by atoms with Gasteiger partial charge in [-0.05, 0) is 12.8 Å². The summed E-state index contributed by atoms with van der Waals surface area (Å²) in [4.78, 5) is 11.0. The molecule has 4 nitrogen and oxygen atoms in total. The molecule has 0 aromatic heterocycles. The zero-order valence-electron chi connectivity index (χ0n) is 8.92. The molecule has 0 spiro atoms. The Kier molecular flexibility index (Phi) is 10.0. The molecule has 0 aliphatic rings. The molecule has 0 aromatic carbocycles. The molecule has 0 aromatic rings. The van der Waals surface area contributed by atoms with E-state index in [-0.39, 0.29) is 12.5 Å². The van der Waals surface area contributed by atoms with E-state index in [1.54, 1.807) is 0 Å². The van der Waals surface area contributed by atoms with Gasteiger partial charge in [-0.1, -0.05) is 13.3 Å². The van der Waals surface area contributed by atoms with Gasteiger partial charge in [0.1, 0.15) is 0 Å². The highest BCUT2D eigenvalue weighted by molar-refractivity contribution is 5.75. The van der Waals surface area contributed by atoms with E-state index in [2.05, 4.69) is 12.2 Å². The van der Waals surface area contributed by atoms with E-state index in [0.717, 1.165) is 19.4 Å². The third-order valence-electron chi connectivity index (χ3n) is 1.77. The summed E-state index contributed by atoms with van der Waals surface area (Å²) >= 11 is 0. The molecule has 0 bridgehead atoms. The fourth-order valence-corrected chi connectivity index (χ4v) is 0.939. The highest BCUT2D eigenvalue weighted by atomic mass is 16.5. The lowest BCUT2D eigenvalue weighted by Crippen LogP contribution is -2.27. The van der Waals surface area contributed by atoms with Crippen LogP contribution in [0.5, 0.6) is 0 Å². The highest BCUT2D eigenvalue weighted by Crippen LogP contribution is 1.88. The quantitative estimate of drug-likeness (QED) is 0.542. The molecule has 14 heavy (non-hydrogen) atoms. The van der Waals surface area contributed by atoms with Crippen LogP contribution in [-0.2, 0) is 9.53 Å². The van der Waals surface area contributed by atoms with Gasteiger partial charge in [-0.2, -0.15) is 0 Å². The van der Waals surface area contributed by atoms with Crippen LogP contribution in [0.25, 0.3) is 0 Å². The van der Waals surface area contributed by atoms with Gasteiger partial charge in [-0.3, -0.25) is 4.79 Å². The van der Waals surface area contributed by atoms with Crippen molar-refractivity contribution < 1.29 is 14.6 Å². The van der Waals surface area contributed by atoms with Crippen molar-refractivity contribution in [2.45, 2.75) is 32.6 Å². The Balaban J connectivity index is 3.07. The predicted molar refractivity (Wildman–Crippen MR) is 55.1 cm³/mol. The first-order valence-corrected chi connectivity index (χ1v) is 5.26. The fraction of sp³-hybridized carbons (Fsp3) is 0.900. The van der Waals surface area contributed by atoms with E-state index < -0.39 is 0 Å². The highest BCUT2D eigenvalue weighted by Gasteiger charge is 1.98. The molecule has 2 N–H and O–H groups in total. The number of carbonyl (C=O) groups is 1. The standard InChI is InChI=1S/C10H21NO3/c1-2-3-8-14-9-6-11-10(13)5-4-7-12/h12H,2-9H2,1H3,(H,11,13). The first kappa shape index (κ1) is 13.4. The summed E-state index contributed by atoms with van der Waals surface area (Å²) in [6.07, 6.45) is 3.12. The Hall–Kier alpha value is -0.610. The summed E-state index contributed by atoms with van der Waals surface area (Å²) in [5.74, 6) is -0.0156. The molecule has 0 rings (SSSR count). The summed E-state index contributed by atoms with van der Waals surface area (Å²) in [6.45, 7) is 4.09. The molecule has 0 heterocycles. The Bertz CT molecular complexity index is 139. The van der Waals surface area contributed by atoms with E-state index in [4.69, 9.17) is 9.84 Å². The third kappa shape index (κ3) is 9.48. The molecule has 0 aliphatic carbocycles. The lowest BCUT2D eigenvalue weighted by molar-refractivity contribution is -0.121. The van der Waals surface area contributed by atoms with E-state index >= 15 is 0 Å². The molecular formula is C10H21NO3. The van der Waals surface area contributed by atoms with Crippen LogP contribution in [-0.4, -0.2) is 37.4 Å². The van der Waals surface area contributed by atoms with Crippen molar-refractivity contribution in [3.05, 3.63) is 0 Å². The van der Waals surface area contributed by atoms with Gasteiger partial charge in [-0.15, -0.1) is 0 Å². The third-order valence-corrected chi connectivity index (χ3v) is 1.77. The molecule has 84 valence electrons. The number of carbonyl (C=O) groups excluding carboxylic acids is 1. The number of amides is 1. The topological polar surface area (TPSA) is 58.6 Å². The van der Waals surface area contributed by atoms with Gasteiger partial charge in [0.2, 0.25) is 5.91 Å². The van der Waals surface area contributed by atoms with Crippen LogP contribution >= 0.6 is 0 Å². The number of rotatable bonds is 9. The summed E-state index contributed by atoms with van der Waals surface area (Å²) in [6, 6.07) is 0. The number of aliphatic hydroxyl groups excluding tert-OH is 1. The van der Waals surface area contributed by atoms with Crippen molar-refractivity contribution in [3.8, 4) is 0 Å². The van der Waals surface area contributed by atoms with Crippen molar-refractivity contribution in [2.75, 3.05) is 26.4 Å². The van der Waals surface area contributed by atoms with E-state index in [1.807, 2.05) is 0 Å². The molecule has 1 amide bonds. The average Bonchev–Trinajstić information content (AvgIpc) is 2.20. The molecule has 0 fully saturated rings. The normalized spacial score (nSPS) is 10.1. The van der Waals surface area contributed by atoms with Crippen molar-refractivity contribution in [1.29, 1.82) is 0 Å².